The Morgan fingerprint density at radius 3 is 2.25 bits per heavy atom. The van der Waals surface area contributed by atoms with E-state index in [0.29, 0.717) is 11.8 Å². The third-order valence-corrected chi connectivity index (χ3v) is 4.80. The van der Waals surface area contributed by atoms with Crippen LogP contribution in [-0.2, 0) is 14.8 Å². The average Bonchev–Trinajstić information content (AvgIpc) is 2.46. The first kappa shape index (κ1) is 18.0. The molecule has 2 aromatic carbocycles. The lowest BCUT2D eigenvalue weighted by atomic mass is 10.1. The summed E-state index contributed by atoms with van der Waals surface area (Å²) in [5.41, 5.74) is 0.494. The van der Waals surface area contributed by atoms with Crippen LogP contribution in [0.25, 0.3) is 0 Å². The molecule has 0 heterocycles. The molecule has 2 rings (SSSR count). The number of rotatable bonds is 5. The monoisotopic (exact) mass is 354 g/mol. The predicted octanol–water partition coefficient (Wildman–Crippen LogP) is 2.96. The summed E-state index contributed by atoms with van der Waals surface area (Å²) in [5, 5.41) is 2.52. The Bertz CT molecular complexity index is 852. The predicted molar refractivity (Wildman–Crippen MR) is 85.8 cm³/mol. The summed E-state index contributed by atoms with van der Waals surface area (Å²) < 4.78 is 53.7. The molecule has 8 heteroatoms. The number of nitrogens with one attached hydrogen (secondary N) is 2. The van der Waals surface area contributed by atoms with Gasteiger partial charge in [0.1, 0.15) is 11.6 Å². The Hall–Kier alpha value is -2.32. The van der Waals surface area contributed by atoms with Crippen LogP contribution in [0.3, 0.4) is 0 Å². The van der Waals surface area contributed by atoms with E-state index in [2.05, 4.69) is 10.0 Å². The van der Waals surface area contributed by atoms with E-state index in [1.807, 2.05) is 0 Å². The number of hydrogen-bond donors (Lipinski definition) is 2. The van der Waals surface area contributed by atoms with Crippen LogP contribution in [-0.4, -0.2) is 14.3 Å². The summed E-state index contributed by atoms with van der Waals surface area (Å²) in [7, 11) is -3.90. The second kappa shape index (κ2) is 7.06. The highest BCUT2D eigenvalue weighted by molar-refractivity contribution is 7.89. The highest BCUT2D eigenvalue weighted by Gasteiger charge is 2.20. The number of sulfonamides is 1. The molecule has 5 nitrogen and oxygen atoms in total. The van der Waals surface area contributed by atoms with Crippen molar-refractivity contribution in [2.24, 2.45) is 0 Å². The number of hydrogen-bond acceptors (Lipinski definition) is 3. The van der Waals surface area contributed by atoms with Gasteiger partial charge in [-0.1, -0.05) is 6.07 Å². The van der Waals surface area contributed by atoms with Gasteiger partial charge in [0.15, 0.2) is 0 Å². The molecule has 1 amide bonds. The van der Waals surface area contributed by atoms with Crippen molar-refractivity contribution in [3.63, 3.8) is 0 Å². The van der Waals surface area contributed by atoms with Gasteiger partial charge in [-0.3, -0.25) is 4.79 Å². The van der Waals surface area contributed by atoms with E-state index in [0.717, 1.165) is 6.07 Å². The zero-order valence-electron chi connectivity index (χ0n) is 13.0. The van der Waals surface area contributed by atoms with Crippen molar-refractivity contribution < 1.29 is 22.0 Å². The molecule has 0 radical (unpaired) electrons. The first-order valence-corrected chi connectivity index (χ1v) is 8.52. The van der Waals surface area contributed by atoms with Crippen LogP contribution in [0.4, 0.5) is 14.5 Å². The molecule has 0 spiro atoms. The summed E-state index contributed by atoms with van der Waals surface area (Å²) in [6, 6.07) is 7.59. The van der Waals surface area contributed by atoms with Gasteiger partial charge in [-0.25, -0.2) is 21.9 Å². The van der Waals surface area contributed by atoms with E-state index in [9.17, 15) is 22.0 Å². The molecule has 0 aliphatic carbocycles. The quantitative estimate of drug-likeness (QED) is 0.867. The molecule has 0 saturated heterocycles. The summed E-state index contributed by atoms with van der Waals surface area (Å²) in [5.74, 6) is -1.84. The Morgan fingerprint density at radius 2 is 1.71 bits per heavy atom. The minimum absolute atomic E-state index is 0.0361. The first-order valence-electron chi connectivity index (χ1n) is 7.04. The van der Waals surface area contributed by atoms with Gasteiger partial charge >= 0.3 is 0 Å². The minimum Gasteiger partial charge on any atom is -0.326 e. The number of carbonyl (C=O) groups is 1. The largest absolute Gasteiger partial charge is 0.326 e. The molecule has 2 N–H and O–H groups in total. The van der Waals surface area contributed by atoms with Crippen molar-refractivity contribution in [3.05, 3.63) is 59.7 Å². The van der Waals surface area contributed by atoms with E-state index in [1.165, 1.54) is 44.2 Å². The van der Waals surface area contributed by atoms with Crippen molar-refractivity contribution >= 4 is 21.6 Å². The fraction of sp³-hybridized carbons (Fsp3) is 0.188. The topological polar surface area (TPSA) is 75.3 Å². The maximum absolute atomic E-state index is 13.7. The van der Waals surface area contributed by atoms with Crippen molar-refractivity contribution in [3.8, 4) is 0 Å². The van der Waals surface area contributed by atoms with Gasteiger partial charge in [0.05, 0.1) is 4.90 Å². The molecule has 128 valence electrons. The SMILES string of the molecule is CC(=O)Nc1ccc(S(=O)(=O)N[C@@H](C)c2ccc(F)cc2F)cc1. The van der Waals surface area contributed by atoms with Crippen LogP contribution in [0.2, 0.25) is 0 Å². The van der Waals surface area contributed by atoms with Gasteiger partial charge in [0.25, 0.3) is 0 Å². The van der Waals surface area contributed by atoms with Crippen molar-refractivity contribution in [2.45, 2.75) is 24.8 Å². The third kappa shape index (κ3) is 4.36. The van der Waals surface area contributed by atoms with E-state index < -0.39 is 27.7 Å². The molecule has 0 aromatic heterocycles. The molecule has 0 bridgehead atoms. The summed E-state index contributed by atoms with van der Waals surface area (Å²) >= 11 is 0. The minimum atomic E-state index is -3.90. The van der Waals surface area contributed by atoms with E-state index in [-0.39, 0.29) is 16.4 Å². The molecule has 2 aromatic rings. The summed E-state index contributed by atoms with van der Waals surface area (Å²) in [4.78, 5) is 10.9. The normalized spacial score (nSPS) is 12.7. The molecular weight excluding hydrogens is 338 g/mol. The number of amides is 1. The van der Waals surface area contributed by atoms with E-state index in [4.69, 9.17) is 0 Å². The van der Waals surface area contributed by atoms with Crippen molar-refractivity contribution in [1.29, 1.82) is 0 Å². The van der Waals surface area contributed by atoms with E-state index in [1.54, 1.807) is 0 Å². The highest BCUT2D eigenvalue weighted by atomic mass is 32.2. The Labute approximate surface area is 138 Å². The average molecular weight is 354 g/mol. The zero-order valence-corrected chi connectivity index (χ0v) is 13.8. The summed E-state index contributed by atoms with van der Waals surface area (Å²) in [6.07, 6.45) is 0. The van der Waals surface area contributed by atoms with Crippen LogP contribution in [0.5, 0.6) is 0 Å². The van der Waals surface area contributed by atoms with Gasteiger partial charge in [-0.2, -0.15) is 0 Å². The fourth-order valence-electron chi connectivity index (χ4n) is 2.14. The van der Waals surface area contributed by atoms with Crippen molar-refractivity contribution in [1.82, 2.24) is 4.72 Å². The number of carbonyl (C=O) groups excluding carboxylic acids is 1. The van der Waals surface area contributed by atoms with Crippen LogP contribution in [0, 0.1) is 11.6 Å². The molecular formula is C16H16F2N2O3S. The summed E-state index contributed by atoms with van der Waals surface area (Å²) in [6.45, 7) is 2.80. The van der Waals surface area contributed by atoms with Crippen LogP contribution >= 0.6 is 0 Å². The zero-order chi connectivity index (χ0) is 17.9. The highest BCUT2D eigenvalue weighted by Crippen LogP contribution is 2.21. The molecule has 0 fully saturated rings. The smallest absolute Gasteiger partial charge is 0.241 e. The maximum Gasteiger partial charge on any atom is 0.241 e. The lowest BCUT2D eigenvalue weighted by molar-refractivity contribution is -0.114. The molecule has 0 saturated carbocycles. The first-order chi connectivity index (χ1) is 11.2. The molecule has 1 atom stereocenters. The molecule has 0 aliphatic rings. The second-order valence-electron chi connectivity index (χ2n) is 5.21. The third-order valence-electron chi connectivity index (χ3n) is 3.25. The second-order valence-corrected chi connectivity index (χ2v) is 6.93. The Morgan fingerprint density at radius 1 is 1.08 bits per heavy atom. The van der Waals surface area contributed by atoms with E-state index >= 15 is 0 Å². The van der Waals surface area contributed by atoms with Gasteiger partial charge in [0.2, 0.25) is 15.9 Å². The molecule has 24 heavy (non-hydrogen) atoms. The molecule has 0 aliphatic heterocycles. The lowest BCUT2D eigenvalue weighted by Gasteiger charge is -2.15. The van der Waals surface area contributed by atoms with Crippen LogP contribution in [0.15, 0.2) is 47.4 Å². The van der Waals surface area contributed by atoms with Gasteiger partial charge < -0.3 is 5.32 Å². The lowest BCUT2D eigenvalue weighted by Crippen LogP contribution is -2.27. The Balaban J connectivity index is 2.19. The maximum atomic E-state index is 13.7. The van der Waals surface area contributed by atoms with Gasteiger partial charge in [-0.15, -0.1) is 0 Å². The van der Waals surface area contributed by atoms with Gasteiger partial charge in [-0.05, 0) is 37.3 Å². The standard InChI is InChI=1S/C16H16F2N2O3S/c1-10(15-8-3-12(17)9-16(15)18)20-24(22,23)14-6-4-13(5-7-14)19-11(2)21/h3-10,20H,1-2H3,(H,19,21)/t10-/m0/s1. The molecule has 0 unspecified atom stereocenters. The van der Waals surface area contributed by atoms with Crippen molar-refractivity contribution in [2.75, 3.05) is 5.32 Å². The number of benzene rings is 2. The number of halogens is 2. The Kier molecular flexibility index (Phi) is 5.30. The van der Waals surface area contributed by atoms with Crippen LogP contribution < -0.4 is 10.0 Å². The number of anilines is 1. The van der Waals surface area contributed by atoms with Crippen LogP contribution in [0.1, 0.15) is 25.5 Å². The fourth-order valence-corrected chi connectivity index (χ4v) is 3.36. The van der Waals surface area contributed by atoms with Gasteiger partial charge in [0, 0.05) is 30.3 Å².